The molecule has 0 fully saturated rings. The Balaban J connectivity index is 1.85. The van der Waals surface area contributed by atoms with Crippen LogP contribution >= 0.6 is 0 Å². The number of aromatic carboxylic acids is 1. The first-order valence-corrected chi connectivity index (χ1v) is 5.76. The number of carbonyl (C=O) groups is 2. The monoisotopic (exact) mass is 276 g/mol. The number of hydrogen-bond acceptors (Lipinski definition) is 6. The summed E-state index contributed by atoms with van der Waals surface area (Å²) in [6.07, 6.45) is 0.552. The third kappa shape index (κ3) is 3.10. The quantitative estimate of drug-likeness (QED) is 0.716. The van der Waals surface area contributed by atoms with E-state index in [0.717, 1.165) is 5.56 Å². The molecule has 0 aliphatic heterocycles. The number of amides is 1. The number of hydrogen-bond donors (Lipinski definition) is 3. The van der Waals surface area contributed by atoms with E-state index in [1.165, 1.54) is 12.1 Å². The first kappa shape index (κ1) is 13.5. The summed E-state index contributed by atoms with van der Waals surface area (Å²) in [7, 11) is 0. The first-order chi connectivity index (χ1) is 9.58. The van der Waals surface area contributed by atoms with Gasteiger partial charge in [-0.15, -0.1) is 0 Å². The number of benzene rings is 1. The summed E-state index contributed by atoms with van der Waals surface area (Å²) in [5.74, 6) is -1.50. The summed E-state index contributed by atoms with van der Waals surface area (Å²) in [6.45, 7) is 0.359. The van der Waals surface area contributed by atoms with Crippen molar-refractivity contribution in [1.82, 2.24) is 15.6 Å². The number of aromatic nitrogens is 2. The average molecular weight is 276 g/mol. The maximum atomic E-state index is 11.6. The molecule has 8 nitrogen and oxygen atoms in total. The largest absolute Gasteiger partial charge is 0.478 e. The number of nitrogen functional groups attached to an aromatic ring is 1. The highest BCUT2D eigenvalue weighted by Crippen LogP contribution is 2.06. The Morgan fingerprint density at radius 1 is 1.25 bits per heavy atom. The van der Waals surface area contributed by atoms with Crippen LogP contribution < -0.4 is 11.1 Å². The first-order valence-electron chi connectivity index (χ1n) is 5.76. The molecule has 0 aliphatic carbocycles. The van der Waals surface area contributed by atoms with Crippen molar-refractivity contribution in [3.05, 3.63) is 41.1 Å². The van der Waals surface area contributed by atoms with E-state index in [9.17, 15) is 9.59 Å². The third-order valence-corrected chi connectivity index (χ3v) is 2.63. The number of carbonyl (C=O) groups excluding carboxylic acids is 1. The third-order valence-electron chi connectivity index (χ3n) is 2.63. The number of nitrogens with one attached hydrogen (secondary N) is 1. The van der Waals surface area contributed by atoms with Crippen molar-refractivity contribution in [2.75, 3.05) is 12.3 Å². The molecule has 1 heterocycles. The van der Waals surface area contributed by atoms with Gasteiger partial charge in [-0.2, -0.15) is 0 Å². The van der Waals surface area contributed by atoms with Gasteiger partial charge >= 0.3 is 5.97 Å². The Hall–Kier alpha value is -2.90. The predicted octanol–water partition coefficient (Wildman–Crippen LogP) is 0.322. The van der Waals surface area contributed by atoms with E-state index >= 15 is 0 Å². The molecule has 1 aromatic heterocycles. The zero-order valence-electron chi connectivity index (χ0n) is 10.4. The summed E-state index contributed by atoms with van der Waals surface area (Å²) in [5, 5.41) is 18.1. The Bertz CT molecular complexity index is 621. The van der Waals surface area contributed by atoms with E-state index in [-0.39, 0.29) is 17.1 Å². The average Bonchev–Trinajstić information content (AvgIpc) is 2.85. The van der Waals surface area contributed by atoms with Crippen molar-refractivity contribution in [2.45, 2.75) is 6.42 Å². The SMILES string of the molecule is Nc1nonc1C(=O)NCCc1ccc(C(=O)O)cc1. The van der Waals surface area contributed by atoms with Crippen molar-refractivity contribution in [2.24, 2.45) is 0 Å². The lowest BCUT2D eigenvalue weighted by molar-refractivity contribution is 0.0696. The van der Waals surface area contributed by atoms with Crippen LogP contribution in [0.15, 0.2) is 28.9 Å². The Labute approximate surface area is 113 Å². The Morgan fingerprint density at radius 2 is 1.95 bits per heavy atom. The number of nitrogens with two attached hydrogens (primary N) is 1. The highest BCUT2D eigenvalue weighted by Gasteiger charge is 2.14. The number of anilines is 1. The van der Waals surface area contributed by atoms with Crippen molar-refractivity contribution in [3.8, 4) is 0 Å². The standard InChI is InChI=1S/C12H12N4O4/c13-10-9(15-20-16-10)11(17)14-6-5-7-1-3-8(4-2-7)12(18)19/h1-4H,5-6H2,(H2,13,16)(H,14,17)(H,18,19). The van der Waals surface area contributed by atoms with Gasteiger partial charge in [0.25, 0.3) is 5.91 Å². The van der Waals surface area contributed by atoms with Gasteiger partial charge in [0.1, 0.15) is 0 Å². The highest BCUT2D eigenvalue weighted by atomic mass is 16.6. The molecular formula is C12H12N4O4. The molecule has 0 bridgehead atoms. The van der Waals surface area contributed by atoms with E-state index in [0.29, 0.717) is 13.0 Å². The molecule has 20 heavy (non-hydrogen) atoms. The lowest BCUT2D eigenvalue weighted by Gasteiger charge is -2.04. The van der Waals surface area contributed by atoms with Gasteiger partial charge < -0.3 is 16.2 Å². The minimum atomic E-state index is -0.973. The van der Waals surface area contributed by atoms with Gasteiger partial charge in [-0.3, -0.25) is 4.79 Å². The van der Waals surface area contributed by atoms with E-state index < -0.39 is 11.9 Å². The summed E-state index contributed by atoms with van der Waals surface area (Å²) in [6, 6.07) is 6.42. The van der Waals surface area contributed by atoms with Gasteiger partial charge in [0.05, 0.1) is 5.56 Å². The lowest BCUT2D eigenvalue weighted by Crippen LogP contribution is -2.26. The van der Waals surface area contributed by atoms with Gasteiger partial charge in [0, 0.05) is 6.54 Å². The Kier molecular flexibility index (Phi) is 3.94. The van der Waals surface area contributed by atoms with Gasteiger partial charge in [0.2, 0.25) is 11.5 Å². The van der Waals surface area contributed by atoms with Crippen LogP contribution in [0.5, 0.6) is 0 Å². The second kappa shape index (κ2) is 5.83. The molecule has 0 atom stereocenters. The number of carboxylic acid groups (broad SMARTS) is 1. The van der Waals surface area contributed by atoms with E-state index in [1.54, 1.807) is 12.1 Å². The molecule has 0 radical (unpaired) electrons. The molecule has 0 saturated heterocycles. The smallest absolute Gasteiger partial charge is 0.335 e. The summed E-state index contributed by atoms with van der Waals surface area (Å²) in [5.41, 5.74) is 6.46. The molecule has 0 aliphatic rings. The molecule has 0 spiro atoms. The number of carboxylic acids is 1. The van der Waals surface area contributed by atoms with Crippen LogP contribution in [0.25, 0.3) is 0 Å². The number of nitrogens with zero attached hydrogens (tertiary/aromatic N) is 2. The minimum absolute atomic E-state index is 0.0498. The minimum Gasteiger partial charge on any atom is -0.478 e. The lowest BCUT2D eigenvalue weighted by atomic mass is 10.1. The fourth-order valence-electron chi connectivity index (χ4n) is 1.57. The topological polar surface area (TPSA) is 131 Å². The molecule has 2 rings (SSSR count). The molecule has 4 N–H and O–H groups in total. The second-order valence-corrected chi connectivity index (χ2v) is 4.01. The second-order valence-electron chi connectivity index (χ2n) is 4.01. The normalized spacial score (nSPS) is 10.2. The molecule has 1 amide bonds. The van der Waals surface area contributed by atoms with Crippen molar-refractivity contribution >= 4 is 17.7 Å². The molecule has 2 aromatic rings. The fraction of sp³-hybridized carbons (Fsp3) is 0.167. The van der Waals surface area contributed by atoms with Gasteiger partial charge in [-0.1, -0.05) is 12.1 Å². The van der Waals surface area contributed by atoms with Crippen LogP contribution in [0.2, 0.25) is 0 Å². The maximum absolute atomic E-state index is 11.6. The van der Waals surface area contributed by atoms with E-state index in [2.05, 4.69) is 20.3 Å². The Morgan fingerprint density at radius 3 is 2.50 bits per heavy atom. The van der Waals surface area contributed by atoms with Crippen LogP contribution in [0.3, 0.4) is 0 Å². The summed E-state index contributed by atoms with van der Waals surface area (Å²) < 4.78 is 4.33. The molecule has 1 aromatic carbocycles. The van der Waals surface area contributed by atoms with E-state index in [1.807, 2.05) is 0 Å². The van der Waals surface area contributed by atoms with Crippen LogP contribution in [0.4, 0.5) is 5.82 Å². The van der Waals surface area contributed by atoms with Crippen molar-refractivity contribution < 1.29 is 19.3 Å². The summed E-state index contributed by atoms with van der Waals surface area (Å²) in [4.78, 5) is 22.3. The fourth-order valence-corrected chi connectivity index (χ4v) is 1.57. The highest BCUT2D eigenvalue weighted by molar-refractivity contribution is 5.95. The van der Waals surface area contributed by atoms with Crippen LogP contribution in [-0.2, 0) is 6.42 Å². The van der Waals surface area contributed by atoms with Crippen LogP contribution in [-0.4, -0.2) is 33.8 Å². The van der Waals surface area contributed by atoms with Crippen LogP contribution in [0.1, 0.15) is 26.4 Å². The molecule has 104 valence electrons. The van der Waals surface area contributed by atoms with Crippen molar-refractivity contribution in [1.29, 1.82) is 0 Å². The zero-order valence-corrected chi connectivity index (χ0v) is 10.4. The summed E-state index contributed by atoms with van der Waals surface area (Å²) >= 11 is 0. The van der Waals surface area contributed by atoms with E-state index in [4.69, 9.17) is 10.8 Å². The van der Waals surface area contributed by atoms with Crippen molar-refractivity contribution in [3.63, 3.8) is 0 Å². The van der Waals surface area contributed by atoms with Crippen LogP contribution in [0, 0.1) is 0 Å². The predicted molar refractivity (Wildman–Crippen MR) is 68.1 cm³/mol. The van der Waals surface area contributed by atoms with Gasteiger partial charge in [-0.05, 0) is 34.4 Å². The molecule has 0 unspecified atom stereocenters. The zero-order chi connectivity index (χ0) is 14.5. The van der Waals surface area contributed by atoms with Gasteiger partial charge in [0.15, 0.2) is 0 Å². The maximum Gasteiger partial charge on any atom is 0.335 e. The molecular weight excluding hydrogens is 264 g/mol. The molecule has 8 heteroatoms. The molecule has 0 saturated carbocycles. The number of rotatable bonds is 5. The van der Waals surface area contributed by atoms with Gasteiger partial charge in [-0.25, -0.2) is 9.42 Å².